The maximum Gasteiger partial charge on any atom is 0.148 e. The largest absolute Gasteiger partial charge is 0.486 e. The highest BCUT2D eigenvalue weighted by Crippen LogP contribution is 2.36. The summed E-state index contributed by atoms with van der Waals surface area (Å²) in [5, 5.41) is 9.84. The van der Waals surface area contributed by atoms with Crippen LogP contribution in [0.3, 0.4) is 0 Å². The van der Waals surface area contributed by atoms with Gasteiger partial charge in [-0.05, 0) is 55.6 Å². The predicted octanol–water partition coefficient (Wildman–Crippen LogP) is 5.56. The Bertz CT molecular complexity index is 641. The number of alkyl halides is 1. The number of hydrogen-bond donors (Lipinski definition) is 0. The summed E-state index contributed by atoms with van der Waals surface area (Å²) >= 11 is 10.4. The van der Waals surface area contributed by atoms with Crippen molar-refractivity contribution in [3.05, 3.63) is 62.0 Å². The maximum absolute atomic E-state index is 9.06. The molecule has 0 aliphatic carbocycles. The second-order valence-electron chi connectivity index (χ2n) is 4.08. The molecule has 0 unspecified atom stereocenters. The number of ether oxygens (including phenoxy) is 1. The lowest BCUT2D eigenvalue weighted by molar-refractivity contribution is 0.302. The first-order valence-electron chi connectivity index (χ1n) is 5.80. The fourth-order valence-electron chi connectivity index (χ4n) is 1.73. The van der Waals surface area contributed by atoms with E-state index in [4.69, 9.17) is 10.00 Å². The number of nitriles is 1. The molecule has 0 aliphatic rings. The van der Waals surface area contributed by atoms with Crippen molar-refractivity contribution in [3.8, 4) is 11.8 Å². The summed E-state index contributed by atoms with van der Waals surface area (Å²) in [6.07, 6.45) is 0. The molecule has 0 heterocycles. The molecular formula is C15H10Br3NO. The van der Waals surface area contributed by atoms with E-state index in [-0.39, 0.29) is 0 Å². The van der Waals surface area contributed by atoms with E-state index in [0.29, 0.717) is 12.2 Å². The van der Waals surface area contributed by atoms with Crippen LogP contribution in [0.4, 0.5) is 0 Å². The zero-order chi connectivity index (χ0) is 14.5. The van der Waals surface area contributed by atoms with Crippen molar-refractivity contribution >= 4 is 47.8 Å². The Labute approximate surface area is 143 Å². The molecule has 102 valence electrons. The molecule has 2 aromatic carbocycles. The van der Waals surface area contributed by atoms with Gasteiger partial charge in [0, 0.05) is 10.9 Å². The molecule has 0 N–H and O–H groups in total. The zero-order valence-corrected chi connectivity index (χ0v) is 15.1. The summed E-state index contributed by atoms with van der Waals surface area (Å²) in [6.45, 7) is 0.356. The third-order valence-electron chi connectivity index (χ3n) is 2.72. The van der Waals surface area contributed by atoms with Crippen molar-refractivity contribution in [2.75, 3.05) is 0 Å². The summed E-state index contributed by atoms with van der Waals surface area (Å²) in [7, 11) is 0. The molecule has 0 radical (unpaired) electrons. The molecule has 0 aliphatic heterocycles. The van der Waals surface area contributed by atoms with Gasteiger partial charge in [-0.15, -0.1) is 0 Å². The fraction of sp³-hybridized carbons (Fsp3) is 0.133. The number of hydrogen-bond acceptors (Lipinski definition) is 2. The van der Waals surface area contributed by atoms with Crippen LogP contribution in [0.15, 0.2) is 45.3 Å². The zero-order valence-electron chi connectivity index (χ0n) is 10.4. The molecule has 0 amide bonds. The van der Waals surface area contributed by atoms with Gasteiger partial charge in [-0.3, -0.25) is 0 Å². The maximum atomic E-state index is 9.06. The number of rotatable bonds is 4. The van der Waals surface area contributed by atoms with Crippen LogP contribution in [0.2, 0.25) is 0 Å². The summed E-state index contributed by atoms with van der Waals surface area (Å²) < 4.78 is 7.61. The van der Waals surface area contributed by atoms with Crippen molar-refractivity contribution in [2.24, 2.45) is 0 Å². The predicted molar refractivity (Wildman–Crippen MR) is 90.0 cm³/mol. The summed E-state index contributed by atoms with van der Waals surface area (Å²) in [5.74, 6) is 0.738. The van der Waals surface area contributed by atoms with E-state index in [2.05, 4.69) is 53.9 Å². The van der Waals surface area contributed by atoms with E-state index >= 15 is 0 Å². The normalized spacial score (nSPS) is 10.1. The molecule has 0 aromatic heterocycles. The van der Waals surface area contributed by atoms with Gasteiger partial charge in [0.15, 0.2) is 0 Å². The molecule has 0 atom stereocenters. The molecule has 2 rings (SSSR count). The standard InChI is InChI=1S/C15H10Br3NO/c16-7-10-5-13(17)15(14(18)6-10)20-9-12-4-2-1-3-11(12)8-19/h1-6H,7,9H2. The SMILES string of the molecule is N#Cc1ccccc1COc1c(Br)cc(CBr)cc1Br. The lowest BCUT2D eigenvalue weighted by atomic mass is 10.1. The highest BCUT2D eigenvalue weighted by molar-refractivity contribution is 9.11. The molecule has 0 bridgehead atoms. The quantitative estimate of drug-likeness (QED) is 0.561. The van der Waals surface area contributed by atoms with Crippen molar-refractivity contribution in [1.82, 2.24) is 0 Å². The number of benzene rings is 2. The Balaban J connectivity index is 2.22. The van der Waals surface area contributed by atoms with Crippen LogP contribution in [0.25, 0.3) is 0 Å². The Morgan fingerprint density at radius 3 is 2.35 bits per heavy atom. The minimum Gasteiger partial charge on any atom is -0.486 e. The van der Waals surface area contributed by atoms with Crippen LogP contribution in [0.1, 0.15) is 16.7 Å². The second-order valence-corrected chi connectivity index (χ2v) is 6.35. The average Bonchev–Trinajstić information content (AvgIpc) is 2.46. The molecular weight excluding hydrogens is 450 g/mol. The summed E-state index contributed by atoms with van der Waals surface area (Å²) in [6, 6.07) is 13.6. The second kappa shape index (κ2) is 7.26. The Morgan fingerprint density at radius 2 is 1.75 bits per heavy atom. The molecule has 0 spiro atoms. The van der Waals surface area contributed by atoms with Crippen LogP contribution in [-0.2, 0) is 11.9 Å². The molecule has 0 saturated heterocycles. The van der Waals surface area contributed by atoms with Gasteiger partial charge in [-0.1, -0.05) is 34.1 Å². The van der Waals surface area contributed by atoms with Gasteiger partial charge in [0.2, 0.25) is 0 Å². The minimum atomic E-state index is 0.356. The molecule has 2 nitrogen and oxygen atoms in total. The Hall–Kier alpha value is -0.830. The highest BCUT2D eigenvalue weighted by Gasteiger charge is 2.10. The molecule has 5 heteroatoms. The van der Waals surface area contributed by atoms with Gasteiger partial charge in [0.25, 0.3) is 0 Å². The summed E-state index contributed by atoms with van der Waals surface area (Å²) in [5.41, 5.74) is 2.66. The van der Waals surface area contributed by atoms with Gasteiger partial charge in [-0.25, -0.2) is 0 Å². The van der Waals surface area contributed by atoms with Crippen LogP contribution >= 0.6 is 47.8 Å². The molecule has 20 heavy (non-hydrogen) atoms. The van der Waals surface area contributed by atoms with Gasteiger partial charge < -0.3 is 4.74 Å². The number of nitrogens with zero attached hydrogens (tertiary/aromatic N) is 1. The van der Waals surface area contributed by atoms with Crippen molar-refractivity contribution < 1.29 is 4.74 Å². The van der Waals surface area contributed by atoms with Gasteiger partial charge in [0.1, 0.15) is 12.4 Å². The lowest BCUT2D eigenvalue weighted by Crippen LogP contribution is -1.99. The first-order chi connectivity index (χ1) is 9.65. The fourth-order valence-corrected chi connectivity index (χ4v) is 3.57. The van der Waals surface area contributed by atoms with Gasteiger partial charge >= 0.3 is 0 Å². The van der Waals surface area contributed by atoms with E-state index in [9.17, 15) is 0 Å². The minimum absolute atomic E-state index is 0.356. The van der Waals surface area contributed by atoms with Crippen molar-refractivity contribution in [3.63, 3.8) is 0 Å². The van der Waals surface area contributed by atoms with E-state index in [1.165, 1.54) is 0 Å². The van der Waals surface area contributed by atoms with Crippen molar-refractivity contribution in [2.45, 2.75) is 11.9 Å². The Kier molecular flexibility index (Phi) is 5.64. The van der Waals surface area contributed by atoms with Crippen LogP contribution in [-0.4, -0.2) is 0 Å². The molecule has 0 fully saturated rings. The van der Waals surface area contributed by atoms with Gasteiger partial charge in [0.05, 0.1) is 20.6 Å². The smallest absolute Gasteiger partial charge is 0.148 e. The molecule has 2 aromatic rings. The highest BCUT2D eigenvalue weighted by atomic mass is 79.9. The summed E-state index contributed by atoms with van der Waals surface area (Å²) in [4.78, 5) is 0. The van der Waals surface area contributed by atoms with Crippen LogP contribution in [0.5, 0.6) is 5.75 Å². The average molecular weight is 460 g/mol. The first-order valence-corrected chi connectivity index (χ1v) is 8.51. The van der Waals surface area contributed by atoms with Crippen molar-refractivity contribution in [1.29, 1.82) is 5.26 Å². The van der Waals surface area contributed by atoms with E-state index in [1.807, 2.05) is 30.3 Å². The van der Waals surface area contributed by atoms with Crippen LogP contribution < -0.4 is 4.74 Å². The monoisotopic (exact) mass is 457 g/mol. The van der Waals surface area contributed by atoms with E-state index < -0.39 is 0 Å². The van der Waals surface area contributed by atoms with E-state index in [1.54, 1.807) is 6.07 Å². The number of halogens is 3. The first kappa shape index (κ1) is 15.6. The molecule has 0 saturated carbocycles. The van der Waals surface area contributed by atoms with Crippen LogP contribution in [0, 0.1) is 11.3 Å². The third kappa shape index (κ3) is 3.63. The topological polar surface area (TPSA) is 33.0 Å². The van der Waals surface area contributed by atoms with Gasteiger partial charge in [-0.2, -0.15) is 5.26 Å². The third-order valence-corrected chi connectivity index (χ3v) is 4.55. The Morgan fingerprint density at radius 1 is 1.10 bits per heavy atom. The lowest BCUT2D eigenvalue weighted by Gasteiger charge is -2.12. The van der Waals surface area contributed by atoms with E-state index in [0.717, 1.165) is 31.2 Å².